The van der Waals surface area contributed by atoms with Gasteiger partial charge in [-0.1, -0.05) is 52.3 Å². The van der Waals surface area contributed by atoms with E-state index < -0.39 is 17.8 Å². The summed E-state index contributed by atoms with van der Waals surface area (Å²) >= 11 is 3.33. The van der Waals surface area contributed by atoms with Gasteiger partial charge in [0, 0.05) is 15.7 Å². The van der Waals surface area contributed by atoms with Crippen molar-refractivity contribution < 1.29 is 19.1 Å². The number of hydrazone groups is 1. The first kappa shape index (κ1) is 20.9. The Labute approximate surface area is 180 Å². The van der Waals surface area contributed by atoms with Gasteiger partial charge in [-0.25, -0.2) is 10.2 Å². The number of carbonyl (C=O) groups is 3. The van der Waals surface area contributed by atoms with Crippen molar-refractivity contribution in [3.05, 3.63) is 94.5 Å². The van der Waals surface area contributed by atoms with E-state index in [1.54, 1.807) is 78.9 Å². The first-order valence-corrected chi connectivity index (χ1v) is 9.58. The van der Waals surface area contributed by atoms with E-state index in [-0.39, 0.29) is 5.75 Å². The summed E-state index contributed by atoms with van der Waals surface area (Å²) in [7, 11) is 0. The van der Waals surface area contributed by atoms with Crippen LogP contribution in [-0.2, 0) is 9.59 Å². The van der Waals surface area contributed by atoms with Gasteiger partial charge < -0.3 is 10.1 Å². The first-order valence-electron chi connectivity index (χ1n) is 8.79. The van der Waals surface area contributed by atoms with E-state index >= 15 is 0 Å². The molecule has 0 aliphatic rings. The molecule has 150 valence electrons. The maximum atomic E-state index is 12.3. The molecule has 30 heavy (non-hydrogen) atoms. The molecule has 0 fully saturated rings. The van der Waals surface area contributed by atoms with Crippen molar-refractivity contribution in [2.75, 3.05) is 5.32 Å². The van der Waals surface area contributed by atoms with Gasteiger partial charge in [0.25, 0.3) is 0 Å². The fourth-order valence-electron chi connectivity index (χ4n) is 2.37. The van der Waals surface area contributed by atoms with Gasteiger partial charge in [0.15, 0.2) is 0 Å². The van der Waals surface area contributed by atoms with Gasteiger partial charge in [0.05, 0.1) is 11.8 Å². The van der Waals surface area contributed by atoms with E-state index in [0.717, 1.165) is 4.47 Å². The van der Waals surface area contributed by atoms with Gasteiger partial charge in [0.1, 0.15) is 5.75 Å². The van der Waals surface area contributed by atoms with E-state index in [4.69, 9.17) is 4.74 Å². The number of carbonyl (C=O) groups excluding carboxylic acids is 3. The van der Waals surface area contributed by atoms with Crippen LogP contribution in [-0.4, -0.2) is 24.0 Å². The van der Waals surface area contributed by atoms with Crippen molar-refractivity contribution >= 4 is 45.6 Å². The molecule has 0 aliphatic heterocycles. The highest BCUT2D eigenvalue weighted by Gasteiger charge is 2.14. The maximum absolute atomic E-state index is 12.3. The second-order valence-corrected chi connectivity index (χ2v) is 6.87. The lowest BCUT2D eigenvalue weighted by molar-refractivity contribution is -0.136. The summed E-state index contributed by atoms with van der Waals surface area (Å²) in [6.07, 6.45) is 1.28. The summed E-state index contributed by atoms with van der Waals surface area (Å²) in [5, 5.41) is 6.24. The molecule has 0 aromatic heterocycles. The number of rotatable bonds is 5. The molecular weight excluding hydrogens is 450 g/mol. The third-order valence-corrected chi connectivity index (χ3v) is 4.28. The predicted molar refractivity (Wildman–Crippen MR) is 116 cm³/mol. The molecule has 0 saturated heterocycles. The number of para-hydroxylation sites is 1. The summed E-state index contributed by atoms with van der Waals surface area (Å²) in [6.45, 7) is 0. The summed E-state index contributed by atoms with van der Waals surface area (Å²) < 4.78 is 6.15. The van der Waals surface area contributed by atoms with Crippen LogP contribution in [0.4, 0.5) is 5.69 Å². The number of amides is 2. The zero-order valence-electron chi connectivity index (χ0n) is 15.5. The Balaban J connectivity index is 1.66. The van der Waals surface area contributed by atoms with E-state index in [1.807, 2.05) is 0 Å². The molecule has 3 rings (SSSR count). The standard InChI is InChI=1S/C22H16BrN3O4/c23-17-11-12-19(30-22(29)15-7-3-1-4-8-15)16(13-17)14-24-26-21(28)20(27)25-18-9-5-2-6-10-18/h1-14H,(H,25,27)(H,26,28). The van der Waals surface area contributed by atoms with Gasteiger partial charge in [-0.2, -0.15) is 5.10 Å². The molecule has 2 amide bonds. The highest BCUT2D eigenvalue weighted by Crippen LogP contribution is 2.23. The number of nitrogens with zero attached hydrogens (tertiary/aromatic N) is 1. The fraction of sp³-hybridized carbons (Fsp3) is 0. The Morgan fingerprint density at radius 1 is 0.867 bits per heavy atom. The molecule has 0 spiro atoms. The fourth-order valence-corrected chi connectivity index (χ4v) is 2.75. The number of anilines is 1. The van der Waals surface area contributed by atoms with Crippen LogP contribution in [0.2, 0.25) is 0 Å². The summed E-state index contributed by atoms with van der Waals surface area (Å²) in [6, 6.07) is 22.1. The van der Waals surface area contributed by atoms with Gasteiger partial charge in [-0.15, -0.1) is 0 Å². The zero-order chi connectivity index (χ0) is 21.3. The van der Waals surface area contributed by atoms with Gasteiger partial charge in [-0.3, -0.25) is 9.59 Å². The van der Waals surface area contributed by atoms with Gasteiger partial charge in [-0.05, 0) is 42.5 Å². The molecule has 0 aliphatic carbocycles. The van der Waals surface area contributed by atoms with Crippen molar-refractivity contribution in [3.8, 4) is 5.75 Å². The van der Waals surface area contributed by atoms with Crippen LogP contribution in [0.3, 0.4) is 0 Å². The van der Waals surface area contributed by atoms with Crippen LogP contribution in [0.25, 0.3) is 0 Å². The van der Waals surface area contributed by atoms with Crippen molar-refractivity contribution in [1.82, 2.24) is 5.43 Å². The van der Waals surface area contributed by atoms with Crippen LogP contribution in [0.1, 0.15) is 15.9 Å². The Bertz CT molecular complexity index is 1090. The number of hydrogen-bond acceptors (Lipinski definition) is 5. The topological polar surface area (TPSA) is 96.9 Å². The minimum atomic E-state index is -0.937. The molecule has 0 heterocycles. The molecule has 3 aromatic rings. The van der Waals surface area contributed by atoms with E-state index in [0.29, 0.717) is 16.8 Å². The number of halogens is 1. The monoisotopic (exact) mass is 465 g/mol. The Kier molecular flexibility index (Phi) is 7.07. The molecule has 0 atom stereocenters. The minimum Gasteiger partial charge on any atom is -0.422 e. The summed E-state index contributed by atoms with van der Waals surface area (Å²) in [5.41, 5.74) is 3.46. The molecule has 0 saturated carbocycles. The molecule has 2 N–H and O–H groups in total. The van der Waals surface area contributed by atoms with E-state index in [1.165, 1.54) is 6.21 Å². The molecule has 8 heteroatoms. The third-order valence-electron chi connectivity index (χ3n) is 3.79. The van der Waals surface area contributed by atoms with Crippen LogP contribution in [0, 0.1) is 0 Å². The quantitative estimate of drug-likeness (QED) is 0.197. The number of esters is 1. The number of nitrogens with one attached hydrogen (secondary N) is 2. The van der Waals surface area contributed by atoms with Gasteiger partial charge >= 0.3 is 17.8 Å². The third kappa shape index (κ3) is 5.86. The second kappa shape index (κ2) is 10.1. The Morgan fingerprint density at radius 3 is 2.23 bits per heavy atom. The highest BCUT2D eigenvalue weighted by atomic mass is 79.9. The van der Waals surface area contributed by atoms with Crippen LogP contribution >= 0.6 is 15.9 Å². The smallest absolute Gasteiger partial charge is 0.343 e. The van der Waals surface area contributed by atoms with Crippen molar-refractivity contribution in [2.24, 2.45) is 5.10 Å². The minimum absolute atomic E-state index is 0.249. The van der Waals surface area contributed by atoms with Crippen LogP contribution in [0.15, 0.2) is 88.4 Å². The molecule has 3 aromatic carbocycles. The number of benzene rings is 3. The normalized spacial score (nSPS) is 10.4. The molecular formula is C22H16BrN3O4. The first-order chi connectivity index (χ1) is 14.5. The van der Waals surface area contributed by atoms with E-state index in [2.05, 4.69) is 31.8 Å². The average molecular weight is 466 g/mol. The SMILES string of the molecule is O=C(NN=Cc1cc(Br)ccc1OC(=O)c1ccccc1)C(=O)Nc1ccccc1. The van der Waals surface area contributed by atoms with Crippen LogP contribution < -0.4 is 15.5 Å². The lowest BCUT2D eigenvalue weighted by atomic mass is 10.2. The Morgan fingerprint density at radius 2 is 1.53 bits per heavy atom. The lowest BCUT2D eigenvalue weighted by Crippen LogP contribution is -2.32. The van der Waals surface area contributed by atoms with Crippen molar-refractivity contribution in [2.45, 2.75) is 0 Å². The molecule has 7 nitrogen and oxygen atoms in total. The number of hydrogen-bond donors (Lipinski definition) is 2. The largest absolute Gasteiger partial charge is 0.422 e. The summed E-state index contributed by atoms with van der Waals surface area (Å²) in [4.78, 5) is 36.1. The zero-order valence-corrected chi connectivity index (χ0v) is 17.1. The average Bonchev–Trinajstić information content (AvgIpc) is 2.76. The second-order valence-electron chi connectivity index (χ2n) is 5.96. The maximum Gasteiger partial charge on any atom is 0.343 e. The Hall–Kier alpha value is -3.78. The van der Waals surface area contributed by atoms with Gasteiger partial charge in [0.2, 0.25) is 0 Å². The molecule has 0 radical (unpaired) electrons. The predicted octanol–water partition coefficient (Wildman–Crippen LogP) is 3.76. The molecule has 0 unspecified atom stereocenters. The van der Waals surface area contributed by atoms with Crippen LogP contribution in [0.5, 0.6) is 5.75 Å². The number of ether oxygens (including phenoxy) is 1. The highest BCUT2D eigenvalue weighted by molar-refractivity contribution is 9.10. The summed E-state index contributed by atoms with van der Waals surface area (Å²) in [5.74, 6) is -2.08. The van der Waals surface area contributed by atoms with Crippen molar-refractivity contribution in [1.29, 1.82) is 0 Å². The van der Waals surface area contributed by atoms with E-state index in [9.17, 15) is 14.4 Å². The lowest BCUT2D eigenvalue weighted by Gasteiger charge is -2.08. The molecule has 0 bridgehead atoms. The van der Waals surface area contributed by atoms with Crippen molar-refractivity contribution in [3.63, 3.8) is 0 Å².